The lowest BCUT2D eigenvalue weighted by Crippen LogP contribution is -2.46. The van der Waals surface area contributed by atoms with Gasteiger partial charge in [-0.2, -0.15) is 0 Å². The van der Waals surface area contributed by atoms with Gasteiger partial charge >= 0.3 is 0 Å². The van der Waals surface area contributed by atoms with E-state index < -0.39 is 0 Å². The molecule has 1 unspecified atom stereocenters. The molecule has 2 rings (SSSR count). The van der Waals surface area contributed by atoms with Crippen LogP contribution in [-0.4, -0.2) is 49.6 Å². The molecule has 1 saturated heterocycles. The Balaban J connectivity index is 2.02. The fraction of sp³-hybridized carbons (Fsp3) is 0.625. The summed E-state index contributed by atoms with van der Waals surface area (Å²) in [5, 5.41) is 0.825. The van der Waals surface area contributed by atoms with Crippen LogP contribution >= 0.6 is 11.6 Å². The molecule has 1 aromatic carbocycles. The molecule has 0 aliphatic carbocycles. The highest BCUT2D eigenvalue weighted by Gasteiger charge is 2.21. The van der Waals surface area contributed by atoms with E-state index in [-0.39, 0.29) is 0 Å². The van der Waals surface area contributed by atoms with E-state index in [9.17, 15) is 0 Å². The van der Waals surface area contributed by atoms with Crippen molar-refractivity contribution in [3.05, 3.63) is 34.9 Å². The first-order valence-electron chi connectivity index (χ1n) is 7.22. The molecule has 0 aromatic heterocycles. The molecule has 2 nitrogen and oxygen atoms in total. The van der Waals surface area contributed by atoms with Gasteiger partial charge in [0.25, 0.3) is 0 Å². The van der Waals surface area contributed by atoms with Gasteiger partial charge in [-0.1, -0.05) is 37.6 Å². The molecule has 1 heterocycles. The maximum Gasteiger partial charge on any atom is 0.0406 e. The van der Waals surface area contributed by atoms with E-state index in [1.54, 1.807) is 0 Å². The van der Waals surface area contributed by atoms with Gasteiger partial charge in [0.2, 0.25) is 0 Å². The Morgan fingerprint density at radius 3 is 2.16 bits per heavy atom. The predicted molar refractivity (Wildman–Crippen MR) is 83.0 cm³/mol. The Bertz CT molecular complexity index is 380. The molecule has 106 valence electrons. The number of likely N-dealkylation sites (N-methyl/N-ethyl adjacent to an activating group) is 1. The molecule has 1 aliphatic rings. The number of nitrogens with zero attached hydrogens (tertiary/aromatic N) is 2. The van der Waals surface area contributed by atoms with Crippen LogP contribution < -0.4 is 0 Å². The van der Waals surface area contributed by atoms with Crippen molar-refractivity contribution in [1.29, 1.82) is 0 Å². The number of benzene rings is 1. The first-order chi connectivity index (χ1) is 9.06. The number of halogens is 1. The molecule has 1 atom stereocenters. The summed E-state index contributed by atoms with van der Waals surface area (Å²) in [6.07, 6.45) is 0. The van der Waals surface area contributed by atoms with Crippen LogP contribution in [-0.2, 0) is 0 Å². The SMILES string of the molecule is CC(C)C(CN1CCN(C)CC1)c1ccc(Cl)cc1. The second-order valence-corrected chi connectivity index (χ2v) is 6.44. The highest BCUT2D eigenvalue weighted by molar-refractivity contribution is 6.30. The second kappa shape index (κ2) is 6.74. The topological polar surface area (TPSA) is 6.48 Å². The van der Waals surface area contributed by atoms with E-state index in [0.29, 0.717) is 11.8 Å². The van der Waals surface area contributed by atoms with Crippen LogP contribution in [0.4, 0.5) is 0 Å². The summed E-state index contributed by atoms with van der Waals surface area (Å²) in [6, 6.07) is 8.39. The minimum absolute atomic E-state index is 0.598. The van der Waals surface area contributed by atoms with E-state index in [2.05, 4.69) is 42.8 Å². The molecule has 0 saturated carbocycles. The van der Waals surface area contributed by atoms with Crippen molar-refractivity contribution in [2.75, 3.05) is 39.8 Å². The van der Waals surface area contributed by atoms with Gasteiger partial charge in [0.1, 0.15) is 0 Å². The summed E-state index contributed by atoms with van der Waals surface area (Å²) >= 11 is 5.99. The van der Waals surface area contributed by atoms with Gasteiger partial charge in [0, 0.05) is 37.7 Å². The summed E-state index contributed by atoms with van der Waals surface area (Å²) in [5.41, 5.74) is 1.42. The molecule has 1 aliphatic heterocycles. The van der Waals surface area contributed by atoms with Crippen molar-refractivity contribution in [2.24, 2.45) is 5.92 Å². The Morgan fingerprint density at radius 1 is 1.05 bits per heavy atom. The third kappa shape index (κ3) is 4.20. The predicted octanol–water partition coefficient (Wildman–Crippen LogP) is 3.33. The highest BCUT2D eigenvalue weighted by atomic mass is 35.5. The van der Waals surface area contributed by atoms with Crippen molar-refractivity contribution in [3.8, 4) is 0 Å². The van der Waals surface area contributed by atoms with Gasteiger partial charge in [-0.25, -0.2) is 0 Å². The van der Waals surface area contributed by atoms with E-state index >= 15 is 0 Å². The summed E-state index contributed by atoms with van der Waals surface area (Å²) in [7, 11) is 2.20. The summed E-state index contributed by atoms with van der Waals surface area (Å²) in [4.78, 5) is 5.00. The summed E-state index contributed by atoms with van der Waals surface area (Å²) < 4.78 is 0. The van der Waals surface area contributed by atoms with Crippen LogP contribution in [0.3, 0.4) is 0 Å². The Labute approximate surface area is 122 Å². The van der Waals surface area contributed by atoms with Crippen molar-refractivity contribution in [2.45, 2.75) is 19.8 Å². The van der Waals surface area contributed by atoms with E-state index in [1.807, 2.05) is 12.1 Å². The van der Waals surface area contributed by atoms with Crippen LogP contribution in [0, 0.1) is 5.92 Å². The van der Waals surface area contributed by atoms with Gasteiger partial charge in [-0.3, -0.25) is 0 Å². The molecular formula is C16H25ClN2. The standard InChI is InChI=1S/C16H25ClN2/c1-13(2)16(14-4-6-15(17)7-5-14)12-19-10-8-18(3)9-11-19/h4-7,13,16H,8-12H2,1-3H3. The van der Waals surface area contributed by atoms with Crippen LogP contribution in [0.15, 0.2) is 24.3 Å². The maximum absolute atomic E-state index is 5.99. The second-order valence-electron chi connectivity index (χ2n) is 6.01. The van der Waals surface area contributed by atoms with E-state index in [0.717, 1.165) is 11.6 Å². The first-order valence-corrected chi connectivity index (χ1v) is 7.60. The minimum atomic E-state index is 0.598. The Kier molecular flexibility index (Phi) is 5.26. The molecule has 3 heteroatoms. The van der Waals surface area contributed by atoms with Gasteiger partial charge in [0.05, 0.1) is 0 Å². The normalized spacial score (nSPS) is 19.8. The summed E-state index contributed by atoms with van der Waals surface area (Å²) in [5.74, 6) is 1.25. The zero-order valence-corrected chi connectivity index (χ0v) is 13.0. The number of rotatable bonds is 4. The molecule has 0 spiro atoms. The van der Waals surface area contributed by atoms with Gasteiger partial charge in [-0.15, -0.1) is 0 Å². The van der Waals surface area contributed by atoms with Crippen molar-refractivity contribution in [3.63, 3.8) is 0 Å². The molecule has 0 N–H and O–H groups in total. The van der Waals surface area contributed by atoms with E-state index in [4.69, 9.17) is 11.6 Å². The highest BCUT2D eigenvalue weighted by Crippen LogP contribution is 2.27. The molecule has 19 heavy (non-hydrogen) atoms. The molecule has 0 bridgehead atoms. The number of piperazine rings is 1. The minimum Gasteiger partial charge on any atom is -0.304 e. The van der Waals surface area contributed by atoms with Gasteiger partial charge in [0.15, 0.2) is 0 Å². The third-order valence-corrected chi connectivity index (χ3v) is 4.41. The quantitative estimate of drug-likeness (QED) is 0.835. The summed E-state index contributed by atoms with van der Waals surface area (Å²) in [6.45, 7) is 10.5. The zero-order valence-electron chi connectivity index (χ0n) is 12.3. The molecule has 0 amide bonds. The Hall–Kier alpha value is -0.570. The average molecular weight is 281 g/mol. The number of hydrogen-bond acceptors (Lipinski definition) is 2. The van der Waals surface area contributed by atoms with Crippen LogP contribution in [0.25, 0.3) is 0 Å². The maximum atomic E-state index is 5.99. The van der Waals surface area contributed by atoms with Gasteiger partial charge < -0.3 is 9.80 Å². The molecular weight excluding hydrogens is 256 g/mol. The molecule has 1 aromatic rings. The lowest BCUT2D eigenvalue weighted by molar-refractivity contribution is 0.140. The zero-order chi connectivity index (χ0) is 13.8. The average Bonchev–Trinajstić information content (AvgIpc) is 2.39. The Morgan fingerprint density at radius 2 is 1.63 bits per heavy atom. The lowest BCUT2D eigenvalue weighted by atomic mass is 9.88. The number of hydrogen-bond donors (Lipinski definition) is 0. The first kappa shape index (κ1) is 14.8. The van der Waals surface area contributed by atoms with Crippen LogP contribution in [0.5, 0.6) is 0 Å². The van der Waals surface area contributed by atoms with Crippen molar-refractivity contribution >= 4 is 11.6 Å². The molecule has 1 fully saturated rings. The largest absolute Gasteiger partial charge is 0.304 e. The van der Waals surface area contributed by atoms with Gasteiger partial charge in [-0.05, 0) is 36.6 Å². The monoisotopic (exact) mass is 280 g/mol. The fourth-order valence-electron chi connectivity index (χ4n) is 2.72. The fourth-order valence-corrected chi connectivity index (χ4v) is 2.85. The third-order valence-electron chi connectivity index (χ3n) is 4.15. The molecule has 0 radical (unpaired) electrons. The van der Waals surface area contributed by atoms with E-state index in [1.165, 1.54) is 31.7 Å². The van der Waals surface area contributed by atoms with Crippen molar-refractivity contribution in [1.82, 2.24) is 9.80 Å². The lowest BCUT2D eigenvalue weighted by Gasteiger charge is -2.36. The van der Waals surface area contributed by atoms with Crippen LogP contribution in [0.1, 0.15) is 25.3 Å². The van der Waals surface area contributed by atoms with Crippen molar-refractivity contribution < 1.29 is 0 Å². The smallest absolute Gasteiger partial charge is 0.0406 e. The van der Waals surface area contributed by atoms with Crippen LogP contribution in [0.2, 0.25) is 5.02 Å².